The zero-order chi connectivity index (χ0) is 16.9. The number of benzene rings is 2. The highest BCUT2D eigenvalue weighted by molar-refractivity contribution is 7.98. The smallest absolute Gasteiger partial charge is 0.269 e. The van der Waals surface area contributed by atoms with Gasteiger partial charge < -0.3 is 9.26 Å². The van der Waals surface area contributed by atoms with Crippen molar-refractivity contribution in [2.24, 2.45) is 0 Å². The quantitative estimate of drug-likeness (QED) is 0.586. The predicted molar refractivity (Wildman–Crippen MR) is 98.2 cm³/mol. The monoisotopic (exact) mass is 358 g/mol. The molecule has 3 aromatic rings. The minimum atomic E-state index is 0.288. The molecule has 4 nitrogen and oxygen atoms in total. The zero-order valence-electron chi connectivity index (χ0n) is 13.2. The van der Waals surface area contributed by atoms with Gasteiger partial charge in [-0.1, -0.05) is 28.9 Å². The van der Waals surface area contributed by atoms with Crippen molar-refractivity contribution >= 4 is 34.5 Å². The summed E-state index contributed by atoms with van der Waals surface area (Å²) < 4.78 is 10.4. The maximum Gasteiger partial charge on any atom is 0.269 e. The lowest BCUT2D eigenvalue weighted by atomic mass is 10.2. The van der Waals surface area contributed by atoms with Crippen LogP contribution in [-0.4, -0.2) is 23.5 Å². The number of ether oxygens (including phenoxy) is 1. The minimum Gasteiger partial charge on any atom is -0.497 e. The summed E-state index contributed by atoms with van der Waals surface area (Å²) in [5.41, 5.74) is 1.81. The van der Waals surface area contributed by atoms with Crippen LogP contribution in [0.15, 0.2) is 57.9 Å². The van der Waals surface area contributed by atoms with Crippen LogP contribution in [0.3, 0.4) is 0 Å². The Balaban J connectivity index is 1.81. The largest absolute Gasteiger partial charge is 0.497 e. The molecule has 0 aliphatic heterocycles. The normalized spacial score (nSPS) is 11.5. The zero-order valence-corrected chi connectivity index (χ0v) is 14.8. The molecule has 3 rings (SSSR count). The molecule has 0 aliphatic rings. The Morgan fingerprint density at radius 3 is 2.46 bits per heavy atom. The Labute approximate surface area is 149 Å². The van der Waals surface area contributed by atoms with E-state index in [1.807, 2.05) is 54.8 Å². The van der Waals surface area contributed by atoms with Crippen LogP contribution in [0.5, 0.6) is 5.75 Å². The third-order valence-corrected chi connectivity index (χ3v) is 4.40. The number of methoxy groups -OCH3 is 1. The predicted octanol–water partition coefficient (Wildman–Crippen LogP) is 5.20. The van der Waals surface area contributed by atoms with Gasteiger partial charge in [0.2, 0.25) is 5.82 Å². The third-order valence-electron chi connectivity index (χ3n) is 3.39. The Morgan fingerprint density at radius 2 is 1.83 bits per heavy atom. The second kappa shape index (κ2) is 7.55. The van der Waals surface area contributed by atoms with E-state index in [4.69, 9.17) is 20.9 Å². The molecular formula is C18H15ClN2O2S. The molecule has 24 heavy (non-hydrogen) atoms. The summed E-state index contributed by atoms with van der Waals surface area (Å²) in [5.74, 6) is 1.54. The second-order valence-corrected chi connectivity index (χ2v) is 6.20. The molecule has 0 saturated carbocycles. The molecule has 1 aromatic heterocycles. The molecule has 6 heteroatoms. The van der Waals surface area contributed by atoms with Gasteiger partial charge >= 0.3 is 0 Å². The summed E-state index contributed by atoms with van der Waals surface area (Å²) in [5, 5.41) is 4.38. The molecule has 0 amide bonds. The number of hydrogen-bond donors (Lipinski definition) is 0. The first-order valence-corrected chi connectivity index (χ1v) is 8.79. The van der Waals surface area contributed by atoms with Gasteiger partial charge in [0.1, 0.15) is 10.8 Å². The third kappa shape index (κ3) is 3.80. The first-order chi connectivity index (χ1) is 11.7. The van der Waals surface area contributed by atoms with Gasteiger partial charge in [-0.15, -0.1) is 11.8 Å². The van der Waals surface area contributed by atoms with Gasteiger partial charge in [0.15, 0.2) is 0 Å². The molecule has 0 fully saturated rings. The standard InChI is InChI=1S/C18H15ClN2O2S/c1-22-14-7-5-13(6-8-14)17-20-18(23-21-17)16(19)11-12-3-9-15(24-2)10-4-12/h3-11H,1-2H3/b16-11-. The van der Waals surface area contributed by atoms with Crippen LogP contribution in [-0.2, 0) is 0 Å². The first kappa shape index (κ1) is 16.6. The maximum atomic E-state index is 6.30. The topological polar surface area (TPSA) is 48.2 Å². The SMILES string of the molecule is COc1ccc(-c2noc(/C(Cl)=C/c3ccc(SC)cc3)n2)cc1. The highest BCUT2D eigenvalue weighted by Gasteiger charge is 2.11. The van der Waals surface area contributed by atoms with Crippen LogP contribution in [0, 0.1) is 0 Å². The maximum absolute atomic E-state index is 6.30. The van der Waals surface area contributed by atoms with Gasteiger partial charge in [-0.05, 0) is 54.3 Å². The van der Waals surface area contributed by atoms with Crippen molar-refractivity contribution in [1.29, 1.82) is 0 Å². The van der Waals surface area contributed by atoms with Crippen molar-refractivity contribution in [2.75, 3.05) is 13.4 Å². The summed E-state index contributed by atoms with van der Waals surface area (Å²) >= 11 is 8.00. The van der Waals surface area contributed by atoms with Gasteiger partial charge in [0, 0.05) is 10.5 Å². The van der Waals surface area contributed by atoms with E-state index in [2.05, 4.69) is 10.1 Å². The number of rotatable bonds is 5. The number of hydrogen-bond acceptors (Lipinski definition) is 5. The van der Waals surface area contributed by atoms with Gasteiger partial charge in [-0.25, -0.2) is 0 Å². The van der Waals surface area contributed by atoms with E-state index in [1.165, 1.54) is 4.90 Å². The summed E-state index contributed by atoms with van der Waals surface area (Å²) in [7, 11) is 1.62. The van der Waals surface area contributed by atoms with Crippen molar-refractivity contribution in [3.05, 3.63) is 60.0 Å². The van der Waals surface area contributed by atoms with Crippen molar-refractivity contribution in [3.63, 3.8) is 0 Å². The van der Waals surface area contributed by atoms with Gasteiger partial charge in [-0.2, -0.15) is 4.98 Å². The van der Waals surface area contributed by atoms with Crippen molar-refractivity contribution in [3.8, 4) is 17.1 Å². The lowest BCUT2D eigenvalue weighted by molar-refractivity contribution is 0.410. The van der Waals surface area contributed by atoms with Gasteiger partial charge in [0.05, 0.1) is 7.11 Å². The Hall–Kier alpha value is -2.24. The molecule has 0 saturated heterocycles. The number of nitrogens with zero attached hydrogens (tertiary/aromatic N) is 2. The molecule has 1 heterocycles. The van der Waals surface area contributed by atoms with Crippen LogP contribution in [0.4, 0.5) is 0 Å². The highest BCUT2D eigenvalue weighted by atomic mass is 35.5. The van der Waals surface area contributed by atoms with E-state index in [-0.39, 0.29) is 5.89 Å². The first-order valence-electron chi connectivity index (χ1n) is 7.19. The fraction of sp³-hybridized carbons (Fsp3) is 0.111. The van der Waals surface area contributed by atoms with Crippen LogP contribution < -0.4 is 4.74 Å². The van der Waals surface area contributed by atoms with Crippen molar-refractivity contribution < 1.29 is 9.26 Å². The van der Waals surface area contributed by atoms with Gasteiger partial charge in [-0.3, -0.25) is 0 Å². The molecule has 0 bridgehead atoms. The second-order valence-electron chi connectivity index (χ2n) is 4.92. The summed E-state index contributed by atoms with van der Waals surface area (Å²) in [6.07, 6.45) is 3.84. The number of aromatic nitrogens is 2. The van der Waals surface area contributed by atoms with Gasteiger partial charge in [0.25, 0.3) is 5.89 Å². The minimum absolute atomic E-state index is 0.288. The number of halogens is 1. The summed E-state index contributed by atoms with van der Waals surface area (Å²) in [4.78, 5) is 5.54. The molecule has 0 aliphatic carbocycles. The van der Waals surface area contributed by atoms with Crippen LogP contribution >= 0.6 is 23.4 Å². The Morgan fingerprint density at radius 1 is 1.12 bits per heavy atom. The summed E-state index contributed by atoms with van der Waals surface area (Å²) in [6.45, 7) is 0. The average Bonchev–Trinajstić information content (AvgIpc) is 3.13. The van der Waals surface area contributed by atoms with Crippen molar-refractivity contribution in [2.45, 2.75) is 4.90 Å². The van der Waals surface area contributed by atoms with Crippen LogP contribution in [0.25, 0.3) is 22.5 Å². The lowest BCUT2D eigenvalue weighted by Crippen LogP contribution is -1.84. The average molecular weight is 359 g/mol. The molecule has 0 radical (unpaired) electrons. The molecule has 0 atom stereocenters. The Kier molecular flexibility index (Phi) is 5.23. The fourth-order valence-electron chi connectivity index (χ4n) is 2.09. The summed E-state index contributed by atoms with van der Waals surface area (Å²) in [6, 6.07) is 15.5. The highest BCUT2D eigenvalue weighted by Crippen LogP contribution is 2.25. The Bertz CT molecular complexity index is 842. The van der Waals surface area contributed by atoms with E-state index in [9.17, 15) is 0 Å². The molecule has 2 aromatic carbocycles. The lowest BCUT2D eigenvalue weighted by Gasteiger charge is -1.99. The molecule has 0 N–H and O–H groups in total. The van der Waals surface area contributed by atoms with Crippen LogP contribution in [0.1, 0.15) is 11.5 Å². The van der Waals surface area contributed by atoms with E-state index in [0.29, 0.717) is 10.9 Å². The fourth-order valence-corrected chi connectivity index (χ4v) is 2.70. The van der Waals surface area contributed by atoms with E-state index in [0.717, 1.165) is 16.9 Å². The molecule has 0 spiro atoms. The molecule has 0 unspecified atom stereocenters. The van der Waals surface area contributed by atoms with E-state index < -0.39 is 0 Å². The molecular weight excluding hydrogens is 344 g/mol. The van der Waals surface area contributed by atoms with E-state index in [1.54, 1.807) is 24.9 Å². The van der Waals surface area contributed by atoms with Crippen LogP contribution in [0.2, 0.25) is 0 Å². The van der Waals surface area contributed by atoms with Crippen molar-refractivity contribution in [1.82, 2.24) is 10.1 Å². The number of thioether (sulfide) groups is 1. The molecule has 122 valence electrons. The van der Waals surface area contributed by atoms with E-state index >= 15 is 0 Å².